The van der Waals surface area contributed by atoms with Gasteiger partial charge in [-0.05, 0) is 98.8 Å². The van der Waals surface area contributed by atoms with Gasteiger partial charge in [0.2, 0.25) is 0 Å². The Balaban J connectivity index is 1.49. The van der Waals surface area contributed by atoms with Gasteiger partial charge in [0.1, 0.15) is 0 Å². The summed E-state index contributed by atoms with van der Waals surface area (Å²) in [6.07, 6.45) is 13.8. The molecule has 1 aliphatic heterocycles. The Kier molecular flexibility index (Phi) is 6.39. The predicted molar refractivity (Wildman–Crippen MR) is 120 cm³/mol. The van der Waals surface area contributed by atoms with Crippen LogP contribution in [0, 0.1) is 23.2 Å². The lowest BCUT2D eigenvalue weighted by atomic mass is 9.61. The lowest BCUT2D eigenvalue weighted by Crippen LogP contribution is -2.39. The number of rotatable bonds is 4. The van der Waals surface area contributed by atoms with E-state index >= 15 is 0 Å². The van der Waals surface area contributed by atoms with Crippen LogP contribution >= 0.6 is 0 Å². The van der Waals surface area contributed by atoms with E-state index < -0.39 is 12.2 Å². The first-order valence-electron chi connectivity index (χ1n) is 12.1. The largest absolute Gasteiger partial charge is 0.393 e. The number of fused-ring (bicyclic) bond motifs is 1. The maximum Gasteiger partial charge on any atom is 0.0811 e. The van der Waals surface area contributed by atoms with Gasteiger partial charge in [-0.25, -0.2) is 0 Å². The number of hydrogen-bond acceptors (Lipinski definition) is 3. The van der Waals surface area contributed by atoms with Crippen molar-refractivity contribution in [3.63, 3.8) is 0 Å². The summed E-state index contributed by atoms with van der Waals surface area (Å²) < 4.78 is 0. The molecule has 0 amide bonds. The van der Waals surface area contributed by atoms with Crippen LogP contribution in [0.5, 0.6) is 0 Å². The fraction of sp³-hybridized carbons (Fsp3) is 0.769. The molecule has 2 N–H and O–H groups in total. The van der Waals surface area contributed by atoms with Crippen LogP contribution in [0.3, 0.4) is 0 Å². The van der Waals surface area contributed by atoms with Gasteiger partial charge in [0.25, 0.3) is 0 Å². The third-order valence-corrected chi connectivity index (χ3v) is 8.73. The van der Waals surface area contributed by atoms with E-state index in [9.17, 15) is 10.2 Å². The van der Waals surface area contributed by atoms with E-state index in [4.69, 9.17) is 0 Å². The first-order valence-corrected chi connectivity index (χ1v) is 12.1. The standard InChI is InChI=1S/C26H41NO2/c1-18(17-27-13-4-5-14-27)23-10-11-24-20(7-6-12-26(23,24)3)8-9-21-15-22(28)16-25(29)19(21)2/h8-9,18,22-25,28-29H,2,4-7,10-17H2,1,3H3/b20-8+,21-9-/t18-,22+,23+,24-,25-,26+/m0/s1. The molecule has 0 aromatic rings. The van der Waals surface area contributed by atoms with Crippen molar-refractivity contribution in [1.82, 2.24) is 4.90 Å². The average molecular weight is 400 g/mol. The Morgan fingerprint density at radius 2 is 1.93 bits per heavy atom. The van der Waals surface area contributed by atoms with Crippen molar-refractivity contribution in [2.24, 2.45) is 23.2 Å². The zero-order valence-corrected chi connectivity index (χ0v) is 18.6. The molecule has 0 bridgehead atoms. The smallest absolute Gasteiger partial charge is 0.0811 e. The zero-order chi connectivity index (χ0) is 20.6. The zero-order valence-electron chi connectivity index (χ0n) is 18.6. The molecule has 4 aliphatic rings. The summed E-state index contributed by atoms with van der Waals surface area (Å²) in [5, 5.41) is 20.2. The number of likely N-dealkylation sites (tertiary alicyclic amines) is 1. The molecule has 1 heterocycles. The Morgan fingerprint density at radius 3 is 2.69 bits per heavy atom. The molecule has 6 atom stereocenters. The van der Waals surface area contributed by atoms with Gasteiger partial charge in [-0.2, -0.15) is 0 Å². The third-order valence-electron chi connectivity index (χ3n) is 8.73. The van der Waals surface area contributed by atoms with E-state index in [1.807, 2.05) is 0 Å². The first kappa shape index (κ1) is 21.3. The van der Waals surface area contributed by atoms with Crippen LogP contribution in [0.15, 0.2) is 35.5 Å². The van der Waals surface area contributed by atoms with Crippen molar-refractivity contribution in [2.45, 2.75) is 83.8 Å². The quantitative estimate of drug-likeness (QED) is 0.709. The molecule has 0 aromatic heterocycles. The van der Waals surface area contributed by atoms with Crippen molar-refractivity contribution in [3.05, 3.63) is 35.5 Å². The number of aliphatic hydroxyl groups is 2. The molecule has 3 aliphatic carbocycles. The van der Waals surface area contributed by atoms with Gasteiger partial charge in [0, 0.05) is 13.0 Å². The van der Waals surface area contributed by atoms with Crippen LogP contribution in [0.25, 0.3) is 0 Å². The second kappa shape index (κ2) is 8.69. The second-order valence-corrected chi connectivity index (χ2v) is 10.6. The number of allylic oxidation sites excluding steroid dienone is 3. The molecule has 1 saturated heterocycles. The van der Waals surface area contributed by atoms with Crippen molar-refractivity contribution in [3.8, 4) is 0 Å². The SMILES string of the molecule is C=C1/C(=C\C=C2/CCC[C@]3(C)[C@@H]([C@@H](C)CN4CCCC4)CC[C@@H]23)C[C@@H](O)C[C@@H]1O. The lowest BCUT2D eigenvalue weighted by Gasteiger charge is -2.45. The van der Waals surface area contributed by atoms with E-state index in [-0.39, 0.29) is 0 Å². The molecule has 162 valence electrons. The minimum atomic E-state index is -0.595. The van der Waals surface area contributed by atoms with Crippen molar-refractivity contribution in [2.75, 3.05) is 19.6 Å². The molecule has 0 radical (unpaired) electrons. The van der Waals surface area contributed by atoms with Crippen LogP contribution in [0.1, 0.15) is 71.6 Å². The average Bonchev–Trinajstić information content (AvgIpc) is 3.30. The van der Waals surface area contributed by atoms with Crippen LogP contribution in [0.4, 0.5) is 0 Å². The van der Waals surface area contributed by atoms with Gasteiger partial charge in [-0.15, -0.1) is 0 Å². The third kappa shape index (κ3) is 4.29. The van der Waals surface area contributed by atoms with E-state index in [0.29, 0.717) is 24.2 Å². The van der Waals surface area contributed by atoms with Gasteiger partial charge in [-0.1, -0.05) is 38.2 Å². The minimum Gasteiger partial charge on any atom is -0.393 e. The highest BCUT2D eigenvalue weighted by Crippen LogP contribution is 2.59. The molecule has 0 unspecified atom stereocenters. The molecule has 3 saturated carbocycles. The topological polar surface area (TPSA) is 43.7 Å². The molecule has 4 rings (SSSR count). The molecule has 4 fully saturated rings. The van der Waals surface area contributed by atoms with E-state index in [2.05, 4.69) is 37.5 Å². The minimum absolute atomic E-state index is 0.421. The molecular weight excluding hydrogens is 358 g/mol. The van der Waals surface area contributed by atoms with Gasteiger partial charge in [0.05, 0.1) is 12.2 Å². The monoisotopic (exact) mass is 399 g/mol. The Labute approximate surface area is 177 Å². The highest BCUT2D eigenvalue weighted by molar-refractivity contribution is 5.38. The second-order valence-electron chi connectivity index (χ2n) is 10.6. The summed E-state index contributed by atoms with van der Waals surface area (Å²) in [5.41, 5.74) is 3.87. The number of hydrogen-bond donors (Lipinski definition) is 2. The number of aliphatic hydroxyl groups excluding tert-OH is 2. The lowest BCUT2D eigenvalue weighted by molar-refractivity contribution is 0.0821. The summed E-state index contributed by atoms with van der Waals surface area (Å²) in [7, 11) is 0. The summed E-state index contributed by atoms with van der Waals surface area (Å²) in [6.45, 7) is 13.0. The van der Waals surface area contributed by atoms with Gasteiger partial charge < -0.3 is 15.1 Å². The van der Waals surface area contributed by atoms with Gasteiger partial charge >= 0.3 is 0 Å². The van der Waals surface area contributed by atoms with Crippen molar-refractivity contribution in [1.29, 1.82) is 0 Å². The van der Waals surface area contributed by atoms with Crippen LogP contribution in [0.2, 0.25) is 0 Å². The summed E-state index contributed by atoms with van der Waals surface area (Å²) in [4.78, 5) is 2.69. The Bertz CT molecular complexity index is 674. The molecule has 29 heavy (non-hydrogen) atoms. The number of nitrogens with zero attached hydrogens (tertiary/aromatic N) is 1. The highest BCUT2D eigenvalue weighted by atomic mass is 16.3. The summed E-state index contributed by atoms with van der Waals surface area (Å²) >= 11 is 0. The van der Waals surface area contributed by atoms with Crippen LogP contribution in [-0.4, -0.2) is 47.0 Å². The fourth-order valence-electron chi connectivity index (χ4n) is 7.18. The van der Waals surface area contributed by atoms with Crippen molar-refractivity contribution < 1.29 is 10.2 Å². The Morgan fingerprint density at radius 1 is 1.17 bits per heavy atom. The van der Waals surface area contributed by atoms with E-state index in [0.717, 1.165) is 23.0 Å². The van der Waals surface area contributed by atoms with E-state index in [1.54, 1.807) is 5.57 Å². The van der Waals surface area contributed by atoms with Crippen LogP contribution in [-0.2, 0) is 0 Å². The molecule has 0 aromatic carbocycles. The molecule has 0 spiro atoms. The van der Waals surface area contributed by atoms with Gasteiger partial charge in [-0.3, -0.25) is 0 Å². The Hall–Kier alpha value is -0.900. The first-order chi connectivity index (χ1) is 13.9. The molecular formula is C26H41NO2. The fourth-order valence-corrected chi connectivity index (χ4v) is 7.18. The van der Waals surface area contributed by atoms with Crippen LogP contribution < -0.4 is 0 Å². The maximum atomic E-state index is 10.1. The molecule has 3 nitrogen and oxygen atoms in total. The summed E-state index contributed by atoms with van der Waals surface area (Å²) in [6, 6.07) is 0. The van der Waals surface area contributed by atoms with Crippen molar-refractivity contribution >= 4 is 0 Å². The normalized spacial score (nSPS) is 42.6. The maximum absolute atomic E-state index is 10.1. The van der Waals surface area contributed by atoms with E-state index in [1.165, 1.54) is 64.6 Å². The predicted octanol–water partition coefficient (Wildman–Crippen LogP) is 4.86. The van der Waals surface area contributed by atoms with Gasteiger partial charge in [0.15, 0.2) is 0 Å². The summed E-state index contributed by atoms with van der Waals surface area (Å²) in [5.74, 6) is 2.31. The molecule has 3 heteroatoms. The highest BCUT2D eigenvalue weighted by Gasteiger charge is 2.50.